The molecule has 0 saturated carbocycles. The summed E-state index contributed by atoms with van der Waals surface area (Å²) in [5.74, 6) is 0.793. The highest BCUT2D eigenvalue weighted by Crippen LogP contribution is 2.32. The van der Waals surface area contributed by atoms with Crippen molar-refractivity contribution in [1.82, 2.24) is 14.9 Å². The van der Waals surface area contributed by atoms with Crippen LogP contribution in [0.4, 0.5) is 0 Å². The number of nitrogens with zero attached hydrogens (tertiary/aromatic N) is 3. The van der Waals surface area contributed by atoms with E-state index < -0.39 is 0 Å². The Bertz CT molecular complexity index is 831. The number of fused-ring (bicyclic) bond motifs is 1. The van der Waals surface area contributed by atoms with Crippen LogP contribution >= 0.6 is 23.1 Å². The van der Waals surface area contributed by atoms with Crippen LogP contribution in [0.3, 0.4) is 0 Å². The molecule has 0 fully saturated rings. The largest absolute Gasteiger partial charge is 0.348 e. The minimum Gasteiger partial charge on any atom is -0.348 e. The van der Waals surface area contributed by atoms with Gasteiger partial charge in [-0.15, -0.1) is 11.3 Å². The van der Waals surface area contributed by atoms with E-state index in [9.17, 15) is 4.79 Å². The highest BCUT2D eigenvalue weighted by Gasteiger charge is 2.19. The molecule has 118 valence electrons. The van der Waals surface area contributed by atoms with Crippen LogP contribution in [0.15, 0.2) is 46.8 Å². The van der Waals surface area contributed by atoms with Gasteiger partial charge in [0.15, 0.2) is 5.82 Å². The lowest BCUT2D eigenvalue weighted by Gasteiger charge is -2.17. The zero-order valence-corrected chi connectivity index (χ0v) is 14.8. The van der Waals surface area contributed by atoms with Crippen LogP contribution in [0.1, 0.15) is 6.92 Å². The number of benzene rings is 1. The van der Waals surface area contributed by atoms with Gasteiger partial charge in [0.05, 0.1) is 15.6 Å². The fourth-order valence-corrected chi connectivity index (χ4v) is 3.98. The maximum Gasteiger partial charge on any atom is 0.235 e. The molecule has 1 atom stereocenters. The molecule has 0 unspecified atom stereocenters. The van der Waals surface area contributed by atoms with Gasteiger partial charge in [-0.05, 0) is 24.4 Å². The third-order valence-electron chi connectivity index (χ3n) is 3.39. The van der Waals surface area contributed by atoms with Crippen LogP contribution in [0.2, 0.25) is 0 Å². The van der Waals surface area contributed by atoms with E-state index in [1.165, 1.54) is 11.8 Å². The molecular formula is C17H17N3OS2. The van der Waals surface area contributed by atoms with E-state index in [0.29, 0.717) is 5.82 Å². The fraction of sp³-hybridized carbons (Fsp3) is 0.235. The molecule has 1 aromatic carbocycles. The Hall–Kier alpha value is -1.92. The molecule has 1 amide bonds. The molecule has 3 aromatic rings. The molecule has 0 aliphatic carbocycles. The van der Waals surface area contributed by atoms with Crippen molar-refractivity contribution in [3.8, 4) is 10.7 Å². The van der Waals surface area contributed by atoms with Gasteiger partial charge in [0.25, 0.3) is 0 Å². The van der Waals surface area contributed by atoms with Gasteiger partial charge in [-0.25, -0.2) is 9.97 Å². The summed E-state index contributed by atoms with van der Waals surface area (Å²) in [7, 11) is 3.54. The van der Waals surface area contributed by atoms with E-state index in [0.717, 1.165) is 20.8 Å². The maximum atomic E-state index is 12.2. The number of carbonyl (C=O) groups excluding carboxylic acids is 1. The summed E-state index contributed by atoms with van der Waals surface area (Å²) in [6, 6.07) is 11.9. The molecule has 6 heteroatoms. The molecule has 0 saturated heterocycles. The molecule has 0 radical (unpaired) electrons. The Morgan fingerprint density at radius 1 is 1.17 bits per heavy atom. The standard InChI is InChI=1S/C17H17N3OS2/c1-11(17(21)20(2)3)23-16-12-7-4-5-8-13(12)18-15(19-16)14-9-6-10-22-14/h4-11H,1-3H3/t11-/m1/s1. The molecule has 4 nitrogen and oxygen atoms in total. The second kappa shape index (κ2) is 6.68. The number of amides is 1. The van der Waals surface area contributed by atoms with E-state index in [1.54, 1.807) is 30.3 Å². The fourth-order valence-electron chi connectivity index (χ4n) is 2.23. The summed E-state index contributed by atoms with van der Waals surface area (Å²) >= 11 is 3.10. The zero-order valence-electron chi connectivity index (χ0n) is 13.2. The van der Waals surface area contributed by atoms with Gasteiger partial charge in [0.2, 0.25) is 5.91 Å². The first-order valence-corrected chi connectivity index (χ1v) is 9.00. The number of hydrogen-bond donors (Lipinski definition) is 0. The van der Waals surface area contributed by atoms with E-state index >= 15 is 0 Å². The quantitative estimate of drug-likeness (QED) is 0.532. The lowest BCUT2D eigenvalue weighted by molar-refractivity contribution is -0.127. The molecule has 0 bridgehead atoms. The molecule has 0 N–H and O–H groups in total. The molecule has 2 heterocycles. The van der Waals surface area contributed by atoms with Gasteiger partial charge in [-0.2, -0.15) is 0 Å². The minimum atomic E-state index is -0.195. The van der Waals surface area contributed by atoms with Crippen LogP contribution in [-0.4, -0.2) is 40.1 Å². The average molecular weight is 343 g/mol. The van der Waals surface area contributed by atoms with Gasteiger partial charge >= 0.3 is 0 Å². The summed E-state index contributed by atoms with van der Waals surface area (Å²) in [5, 5.41) is 3.65. The Balaban J connectivity index is 2.05. The molecule has 23 heavy (non-hydrogen) atoms. The molecule has 3 rings (SSSR count). The Labute approximate surface area is 143 Å². The average Bonchev–Trinajstić information content (AvgIpc) is 3.08. The lowest BCUT2D eigenvalue weighted by atomic mass is 10.2. The Kier molecular flexibility index (Phi) is 4.63. The first kappa shape index (κ1) is 16.0. The normalized spacial score (nSPS) is 12.3. The number of thioether (sulfide) groups is 1. The van der Waals surface area contributed by atoms with Crippen molar-refractivity contribution in [2.24, 2.45) is 0 Å². The molecule has 0 aliphatic rings. The van der Waals surface area contributed by atoms with Gasteiger partial charge in [0.1, 0.15) is 5.03 Å². The van der Waals surface area contributed by atoms with Crippen molar-refractivity contribution < 1.29 is 4.79 Å². The molecule has 0 aliphatic heterocycles. The van der Waals surface area contributed by atoms with E-state index in [-0.39, 0.29) is 11.2 Å². The van der Waals surface area contributed by atoms with E-state index in [1.807, 2.05) is 48.7 Å². The molecule has 2 aromatic heterocycles. The number of aromatic nitrogens is 2. The topological polar surface area (TPSA) is 46.1 Å². The van der Waals surface area contributed by atoms with Crippen molar-refractivity contribution in [3.05, 3.63) is 41.8 Å². The lowest BCUT2D eigenvalue weighted by Crippen LogP contribution is -2.29. The zero-order chi connectivity index (χ0) is 16.4. The maximum absolute atomic E-state index is 12.2. The summed E-state index contributed by atoms with van der Waals surface area (Å²) in [4.78, 5) is 24.2. The van der Waals surface area contributed by atoms with Crippen molar-refractivity contribution in [3.63, 3.8) is 0 Å². The summed E-state index contributed by atoms with van der Waals surface area (Å²) < 4.78 is 0. The van der Waals surface area contributed by atoms with Crippen LogP contribution < -0.4 is 0 Å². The smallest absolute Gasteiger partial charge is 0.235 e. The van der Waals surface area contributed by atoms with Gasteiger partial charge in [-0.3, -0.25) is 4.79 Å². The van der Waals surface area contributed by atoms with Crippen LogP contribution in [0.5, 0.6) is 0 Å². The molecule has 0 spiro atoms. The van der Waals surface area contributed by atoms with Crippen LogP contribution in [-0.2, 0) is 4.79 Å². The van der Waals surface area contributed by atoms with Gasteiger partial charge < -0.3 is 4.90 Å². The van der Waals surface area contributed by atoms with Crippen molar-refractivity contribution in [2.75, 3.05) is 14.1 Å². The van der Waals surface area contributed by atoms with Gasteiger partial charge in [-0.1, -0.05) is 36.0 Å². The number of thiophene rings is 1. The van der Waals surface area contributed by atoms with Crippen LogP contribution in [0, 0.1) is 0 Å². The summed E-state index contributed by atoms with van der Waals surface area (Å²) in [6.07, 6.45) is 0. The SMILES string of the molecule is C[C@@H](Sc1nc(-c2cccs2)nc2ccccc12)C(=O)N(C)C. The van der Waals surface area contributed by atoms with Crippen LogP contribution in [0.25, 0.3) is 21.6 Å². The number of hydrogen-bond acceptors (Lipinski definition) is 5. The van der Waals surface area contributed by atoms with Crippen molar-refractivity contribution >= 4 is 39.9 Å². The first-order chi connectivity index (χ1) is 11.1. The van der Waals surface area contributed by atoms with E-state index in [2.05, 4.69) is 4.98 Å². The number of carbonyl (C=O) groups is 1. The summed E-state index contributed by atoms with van der Waals surface area (Å²) in [5.41, 5.74) is 0.901. The van der Waals surface area contributed by atoms with Crippen molar-refractivity contribution in [2.45, 2.75) is 17.2 Å². The number of para-hydroxylation sites is 1. The monoisotopic (exact) mass is 343 g/mol. The van der Waals surface area contributed by atoms with Gasteiger partial charge in [0, 0.05) is 19.5 Å². The highest BCUT2D eigenvalue weighted by molar-refractivity contribution is 8.00. The minimum absolute atomic E-state index is 0.0790. The Morgan fingerprint density at radius 2 is 1.96 bits per heavy atom. The Morgan fingerprint density at radius 3 is 2.65 bits per heavy atom. The van der Waals surface area contributed by atoms with E-state index in [4.69, 9.17) is 4.98 Å². The van der Waals surface area contributed by atoms with Crippen molar-refractivity contribution in [1.29, 1.82) is 0 Å². The predicted octanol–water partition coefficient (Wildman–Crippen LogP) is 3.93. The number of rotatable bonds is 4. The highest BCUT2D eigenvalue weighted by atomic mass is 32.2. The third kappa shape index (κ3) is 3.38. The second-order valence-corrected chi connectivity index (χ2v) is 7.62. The third-order valence-corrected chi connectivity index (χ3v) is 5.34. The second-order valence-electron chi connectivity index (χ2n) is 5.34. The predicted molar refractivity (Wildman–Crippen MR) is 96.9 cm³/mol. The summed E-state index contributed by atoms with van der Waals surface area (Å²) in [6.45, 7) is 1.91. The molecular weight excluding hydrogens is 326 g/mol. The first-order valence-electron chi connectivity index (χ1n) is 7.24.